The first-order chi connectivity index (χ1) is 18.7. The van der Waals surface area contributed by atoms with Crippen molar-refractivity contribution in [3.8, 4) is 11.4 Å². The summed E-state index contributed by atoms with van der Waals surface area (Å²) in [6.07, 6.45) is 5.00. The molecule has 4 heterocycles. The van der Waals surface area contributed by atoms with Gasteiger partial charge in [-0.1, -0.05) is 0 Å². The van der Waals surface area contributed by atoms with Gasteiger partial charge in [-0.25, -0.2) is 15.0 Å². The fourth-order valence-corrected chi connectivity index (χ4v) is 5.88. The van der Waals surface area contributed by atoms with E-state index in [1.807, 2.05) is 45.9 Å². The minimum Gasteiger partial charge on any atom is -0.389 e. The van der Waals surface area contributed by atoms with E-state index in [-0.39, 0.29) is 17.9 Å². The molecule has 11 heteroatoms. The van der Waals surface area contributed by atoms with Crippen molar-refractivity contribution >= 4 is 22.9 Å². The summed E-state index contributed by atoms with van der Waals surface area (Å²) in [6.45, 7) is 8.15. The first-order valence-electron chi connectivity index (χ1n) is 13.2. The molecule has 5 atom stereocenters. The van der Waals surface area contributed by atoms with Gasteiger partial charge in [-0.3, -0.25) is 14.8 Å². The second kappa shape index (κ2) is 9.35. The quantitative estimate of drug-likeness (QED) is 0.283. The molecular weight excluding hydrogens is 496 g/mol. The number of imidazole rings is 1. The van der Waals surface area contributed by atoms with Gasteiger partial charge in [0.25, 0.3) is 0 Å². The average Bonchev–Trinajstić information content (AvgIpc) is 3.44. The van der Waals surface area contributed by atoms with E-state index in [9.17, 15) is 15.0 Å². The van der Waals surface area contributed by atoms with Crippen LogP contribution in [0.25, 0.3) is 22.6 Å². The second-order valence-electron chi connectivity index (χ2n) is 11.1. The fraction of sp³-hybridized carbons (Fsp3) is 0.429. The van der Waals surface area contributed by atoms with E-state index >= 15 is 0 Å². The zero-order valence-electron chi connectivity index (χ0n) is 22.3. The van der Waals surface area contributed by atoms with E-state index < -0.39 is 23.7 Å². The molecule has 1 unspecified atom stereocenters. The lowest BCUT2D eigenvalue weighted by atomic mass is 9.98. The minimum atomic E-state index is -1.18. The number of aryl methyl sites for hydroxylation is 2. The topological polar surface area (TPSA) is 151 Å². The Balaban J connectivity index is 1.42. The number of hydrogen-bond donors (Lipinski definition) is 4. The van der Waals surface area contributed by atoms with Gasteiger partial charge >= 0.3 is 0 Å². The first kappa shape index (κ1) is 25.3. The number of aromatic nitrogens is 6. The van der Waals surface area contributed by atoms with E-state index in [1.54, 1.807) is 29.5 Å². The number of aliphatic hydroxyl groups excluding tert-OH is 2. The molecule has 1 amide bonds. The molecule has 0 spiro atoms. The summed E-state index contributed by atoms with van der Waals surface area (Å²) in [5.74, 6) is 0.500. The minimum absolute atomic E-state index is 0.0691. The number of rotatable bonds is 7. The highest BCUT2D eigenvalue weighted by atomic mass is 16.3. The van der Waals surface area contributed by atoms with Gasteiger partial charge in [-0.15, -0.1) is 0 Å². The Labute approximate surface area is 225 Å². The van der Waals surface area contributed by atoms with E-state index in [0.29, 0.717) is 35.8 Å². The van der Waals surface area contributed by atoms with Crippen LogP contribution in [0.1, 0.15) is 43.1 Å². The van der Waals surface area contributed by atoms with Crippen molar-refractivity contribution < 1.29 is 15.0 Å². The normalized spacial score (nSPS) is 25.6. The fourth-order valence-electron chi connectivity index (χ4n) is 5.88. The third-order valence-corrected chi connectivity index (χ3v) is 7.80. The van der Waals surface area contributed by atoms with Crippen LogP contribution in [0.4, 0.5) is 5.82 Å². The van der Waals surface area contributed by atoms with Crippen LogP contribution in [0.3, 0.4) is 0 Å². The van der Waals surface area contributed by atoms with Gasteiger partial charge in [0, 0.05) is 36.1 Å². The molecule has 202 valence electrons. The standard InChI is InChI=1S/C28H32N8O3/c1-14(2)33-27(39)28-9-19(28)21(22(37)23(28)38)36-13-32-20-25(31-12-18-8-15(3)5-6-30-18)34-24(35-26(20)36)17-7-16(4)10-29-11-17/h5-8,10-11,13-14,19,21-23,37-38H,9,12H2,1-4H3,(H,33,39)(H,31,34,35)/t19-,21?,22+,23+,28+/m1/s1. The van der Waals surface area contributed by atoms with Crippen molar-refractivity contribution in [2.75, 3.05) is 5.32 Å². The smallest absolute Gasteiger partial charge is 0.229 e. The molecular formula is C28H32N8O3. The zero-order valence-corrected chi connectivity index (χ0v) is 22.3. The second-order valence-corrected chi connectivity index (χ2v) is 11.1. The number of carbonyl (C=O) groups is 1. The Hall–Kier alpha value is -3.96. The van der Waals surface area contributed by atoms with Crippen molar-refractivity contribution in [1.29, 1.82) is 0 Å². The maximum absolute atomic E-state index is 13.1. The Bertz CT molecular complexity index is 1570. The summed E-state index contributed by atoms with van der Waals surface area (Å²) >= 11 is 0. The Morgan fingerprint density at radius 3 is 2.72 bits per heavy atom. The number of hydrogen-bond acceptors (Lipinski definition) is 9. The third-order valence-electron chi connectivity index (χ3n) is 7.80. The molecule has 2 aliphatic rings. The van der Waals surface area contributed by atoms with Gasteiger partial charge in [0.1, 0.15) is 11.6 Å². The molecule has 0 aliphatic heterocycles. The van der Waals surface area contributed by atoms with Gasteiger partial charge < -0.3 is 25.4 Å². The van der Waals surface area contributed by atoms with Gasteiger partial charge in [0.15, 0.2) is 17.3 Å². The Morgan fingerprint density at radius 2 is 1.97 bits per heavy atom. The number of nitrogens with one attached hydrogen (secondary N) is 2. The summed E-state index contributed by atoms with van der Waals surface area (Å²) < 4.78 is 1.79. The summed E-state index contributed by atoms with van der Waals surface area (Å²) in [5.41, 5.74) is 3.69. The van der Waals surface area contributed by atoms with Crippen LogP contribution in [0.5, 0.6) is 0 Å². The molecule has 0 aromatic carbocycles. The Kier molecular flexibility index (Phi) is 6.07. The molecule has 39 heavy (non-hydrogen) atoms. The molecule has 0 bridgehead atoms. The zero-order chi connectivity index (χ0) is 27.5. The molecule has 6 rings (SSSR count). The largest absolute Gasteiger partial charge is 0.389 e. The van der Waals surface area contributed by atoms with Crippen LogP contribution in [-0.2, 0) is 11.3 Å². The molecule has 4 aromatic heterocycles. The molecule has 2 saturated carbocycles. The molecule has 0 radical (unpaired) electrons. The summed E-state index contributed by atoms with van der Waals surface area (Å²) in [6, 6.07) is 5.27. The number of amides is 1. The maximum Gasteiger partial charge on any atom is 0.229 e. The number of aliphatic hydroxyl groups is 2. The highest BCUT2D eigenvalue weighted by Crippen LogP contribution is 2.68. The lowest BCUT2D eigenvalue weighted by Crippen LogP contribution is -2.44. The highest BCUT2D eigenvalue weighted by Gasteiger charge is 2.75. The predicted octanol–water partition coefficient (Wildman–Crippen LogP) is 2.32. The van der Waals surface area contributed by atoms with Gasteiger partial charge in [0.2, 0.25) is 5.91 Å². The van der Waals surface area contributed by atoms with E-state index in [0.717, 1.165) is 22.4 Å². The third kappa shape index (κ3) is 4.22. The highest BCUT2D eigenvalue weighted by molar-refractivity contribution is 5.89. The lowest BCUT2D eigenvalue weighted by Gasteiger charge is -2.24. The summed E-state index contributed by atoms with van der Waals surface area (Å²) in [5, 5.41) is 28.5. The van der Waals surface area contributed by atoms with Crippen molar-refractivity contribution in [2.24, 2.45) is 11.3 Å². The van der Waals surface area contributed by atoms with Crippen LogP contribution >= 0.6 is 0 Å². The summed E-state index contributed by atoms with van der Waals surface area (Å²) in [7, 11) is 0. The number of pyridine rings is 2. The van der Waals surface area contributed by atoms with Gasteiger partial charge in [0.05, 0.1) is 36.1 Å². The number of carbonyl (C=O) groups excluding carboxylic acids is 1. The number of nitrogens with zero attached hydrogens (tertiary/aromatic N) is 6. The van der Waals surface area contributed by atoms with Gasteiger partial charge in [-0.05, 0) is 63.4 Å². The molecule has 0 saturated heterocycles. The van der Waals surface area contributed by atoms with Crippen molar-refractivity contribution in [2.45, 2.75) is 65.0 Å². The van der Waals surface area contributed by atoms with E-state index in [2.05, 4.69) is 25.6 Å². The molecule has 4 aromatic rings. The maximum atomic E-state index is 13.1. The lowest BCUT2D eigenvalue weighted by molar-refractivity contribution is -0.133. The molecule has 2 fully saturated rings. The van der Waals surface area contributed by atoms with E-state index in [1.165, 1.54) is 0 Å². The van der Waals surface area contributed by atoms with Crippen molar-refractivity contribution in [1.82, 2.24) is 34.8 Å². The summed E-state index contributed by atoms with van der Waals surface area (Å²) in [4.78, 5) is 36.1. The van der Waals surface area contributed by atoms with Crippen LogP contribution < -0.4 is 10.6 Å². The van der Waals surface area contributed by atoms with Crippen LogP contribution in [-0.4, -0.2) is 63.9 Å². The first-order valence-corrected chi connectivity index (χ1v) is 13.2. The van der Waals surface area contributed by atoms with Crippen molar-refractivity contribution in [3.05, 3.63) is 59.9 Å². The monoisotopic (exact) mass is 528 g/mol. The predicted molar refractivity (Wildman–Crippen MR) is 144 cm³/mol. The van der Waals surface area contributed by atoms with Crippen molar-refractivity contribution in [3.63, 3.8) is 0 Å². The SMILES string of the molecule is Cc1cncc(-c2nc(NCc3cc(C)ccn3)c3ncn(C4[C@H]5C[C@@]5(C(=O)NC(C)C)[C@@H](O)[C@H]4O)c3n2)c1. The van der Waals surface area contributed by atoms with Crippen LogP contribution in [0, 0.1) is 25.2 Å². The number of anilines is 1. The molecule has 4 N–H and O–H groups in total. The van der Waals surface area contributed by atoms with Crippen LogP contribution in [0.2, 0.25) is 0 Å². The number of fused-ring (bicyclic) bond motifs is 2. The molecule has 11 nitrogen and oxygen atoms in total. The average molecular weight is 529 g/mol. The Morgan fingerprint density at radius 1 is 1.15 bits per heavy atom. The van der Waals surface area contributed by atoms with E-state index in [4.69, 9.17) is 9.97 Å². The van der Waals surface area contributed by atoms with Gasteiger partial charge in [-0.2, -0.15) is 0 Å². The van der Waals surface area contributed by atoms with Crippen LogP contribution in [0.15, 0.2) is 43.1 Å². The molecule has 2 aliphatic carbocycles.